The molecular weight excluding hydrogens is 402 g/mol. The number of nitrogens with one attached hydrogen (secondary N) is 4. The van der Waals surface area contributed by atoms with Gasteiger partial charge in [-0.15, -0.1) is 6.58 Å². The minimum absolute atomic E-state index is 0.0200. The molecule has 4 N–H and O–H groups in total. The maximum Gasteiger partial charge on any atom is 0.252 e. The summed E-state index contributed by atoms with van der Waals surface area (Å²) in [6, 6.07) is 8.38. The highest BCUT2D eigenvalue weighted by Gasteiger charge is 2.30. The van der Waals surface area contributed by atoms with Crippen molar-refractivity contribution >= 4 is 15.9 Å². The molecule has 0 radical (unpaired) electrons. The van der Waals surface area contributed by atoms with Gasteiger partial charge in [-0.2, -0.15) is 0 Å². The van der Waals surface area contributed by atoms with Crippen LogP contribution >= 0.6 is 0 Å². The SMILES string of the molecule is C=CCNS(=O)(=O)c1ccc(C(=O)NC2CC(c3c(F)cccc3F)NN2)cc1. The van der Waals surface area contributed by atoms with E-state index < -0.39 is 39.8 Å². The number of carbonyl (C=O) groups is 1. The topological polar surface area (TPSA) is 99.3 Å². The van der Waals surface area contributed by atoms with Gasteiger partial charge in [0.15, 0.2) is 0 Å². The summed E-state index contributed by atoms with van der Waals surface area (Å²) >= 11 is 0. The fourth-order valence-corrected chi connectivity index (χ4v) is 3.96. The summed E-state index contributed by atoms with van der Waals surface area (Å²) in [5, 5.41) is 2.69. The summed E-state index contributed by atoms with van der Waals surface area (Å²) in [5.74, 6) is -1.79. The summed E-state index contributed by atoms with van der Waals surface area (Å²) in [4.78, 5) is 12.4. The van der Waals surface area contributed by atoms with Crippen LogP contribution in [0.2, 0.25) is 0 Å². The van der Waals surface area contributed by atoms with Crippen molar-refractivity contribution in [2.75, 3.05) is 6.54 Å². The predicted octanol–water partition coefficient (Wildman–Crippen LogP) is 1.72. The molecule has 0 spiro atoms. The van der Waals surface area contributed by atoms with Crippen LogP contribution in [0.1, 0.15) is 28.4 Å². The minimum Gasteiger partial charge on any atom is -0.335 e. The van der Waals surface area contributed by atoms with Gasteiger partial charge in [-0.25, -0.2) is 32.8 Å². The van der Waals surface area contributed by atoms with Crippen LogP contribution in [-0.4, -0.2) is 27.0 Å². The third-order valence-corrected chi connectivity index (χ3v) is 5.84. The average Bonchev–Trinajstić information content (AvgIpc) is 3.14. The molecule has 154 valence electrons. The van der Waals surface area contributed by atoms with Crippen LogP contribution in [0.4, 0.5) is 8.78 Å². The first kappa shape index (κ1) is 21.1. The lowest BCUT2D eigenvalue weighted by molar-refractivity contribution is 0.0932. The van der Waals surface area contributed by atoms with Crippen molar-refractivity contribution in [2.24, 2.45) is 0 Å². The zero-order valence-electron chi connectivity index (χ0n) is 15.3. The van der Waals surface area contributed by atoms with E-state index in [2.05, 4.69) is 27.5 Å². The lowest BCUT2D eigenvalue weighted by Crippen LogP contribution is -2.44. The molecule has 0 aliphatic carbocycles. The Morgan fingerprint density at radius 3 is 2.41 bits per heavy atom. The van der Waals surface area contributed by atoms with Gasteiger partial charge in [0.1, 0.15) is 11.6 Å². The van der Waals surface area contributed by atoms with E-state index in [1.165, 1.54) is 48.5 Å². The van der Waals surface area contributed by atoms with E-state index in [9.17, 15) is 22.0 Å². The van der Waals surface area contributed by atoms with Gasteiger partial charge in [0.05, 0.1) is 17.1 Å². The highest BCUT2D eigenvalue weighted by molar-refractivity contribution is 7.89. The number of hydrogen-bond acceptors (Lipinski definition) is 5. The molecule has 2 atom stereocenters. The first-order valence-corrected chi connectivity index (χ1v) is 10.3. The number of hydrogen-bond donors (Lipinski definition) is 4. The van der Waals surface area contributed by atoms with E-state index in [-0.39, 0.29) is 29.0 Å². The second-order valence-electron chi connectivity index (χ2n) is 6.40. The van der Waals surface area contributed by atoms with Crippen molar-refractivity contribution in [3.8, 4) is 0 Å². The molecule has 7 nitrogen and oxygen atoms in total. The standard InChI is InChI=1S/C19H20F2N4O3S/c1-2-10-22-29(27,28)13-8-6-12(7-9-13)19(26)23-17-11-16(24-25-17)18-14(20)4-3-5-15(18)21/h2-9,16-17,22,24-25H,1,10-11H2,(H,23,26). The smallest absolute Gasteiger partial charge is 0.252 e. The maximum absolute atomic E-state index is 13.9. The first-order valence-electron chi connectivity index (χ1n) is 8.78. The molecule has 0 saturated carbocycles. The molecule has 1 amide bonds. The molecule has 29 heavy (non-hydrogen) atoms. The maximum atomic E-state index is 13.9. The van der Waals surface area contributed by atoms with Crippen LogP contribution in [-0.2, 0) is 10.0 Å². The van der Waals surface area contributed by atoms with Crippen LogP contribution in [0.3, 0.4) is 0 Å². The first-order chi connectivity index (χ1) is 13.8. The molecule has 1 fully saturated rings. The van der Waals surface area contributed by atoms with Gasteiger partial charge in [0.2, 0.25) is 10.0 Å². The molecule has 1 heterocycles. The summed E-state index contributed by atoms with van der Waals surface area (Å²) < 4.78 is 54.2. The van der Waals surface area contributed by atoms with Gasteiger partial charge in [-0.3, -0.25) is 4.79 Å². The molecule has 2 unspecified atom stereocenters. The van der Waals surface area contributed by atoms with E-state index in [4.69, 9.17) is 0 Å². The number of sulfonamides is 1. The molecule has 10 heteroatoms. The van der Waals surface area contributed by atoms with Crippen LogP contribution < -0.4 is 20.9 Å². The number of benzene rings is 2. The molecule has 2 aromatic rings. The lowest BCUT2D eigenvalue weighted by atomic mass is 10.0. The van der Waals surface area contributed by atoms with Crippen molar-refractivity contribution < 1.29 is 22.0 Å². The predicted molar refractivity (Wildman–Crippen MR) is 103 cm³/mol. The number of carbonyl (C=O) groups excluding carboxylic acids is 1. The molecular formula is C19H20F2N4O3S. The monoisotopic (exact) mass is 422 g/mol. The Bertz CT molecular complexity index is 992. The Labute approximate surface area is 167 Å². The number of amides is 1. The zero-order chi connectivity index (χ0) is 21.0. The summed E-state index contributed by atoms with van der Waals surface area (Å²) in [6.45, 7) is 3.54. The normalized spacial score (nSPS) is 19.1. The van der Waals surface area contributed by atoms with Gasteiger partial charge in [-0.05, 0) is 36.4 Å². The second kappa shape index (κ2) is 8.78. The van der Waals surface area contributed by atoms with E-state index in [1.807, 2.05) is 0 Å². The van der Waals surface area contributed by atoms with Crippen molar-refractivity contribution in [1.82, 2.24) is 20.9 Å². The van der Waals surface area contributed by atoms with Crippen molar-refractivity contribution in [3.05, 3.63) is 77.9 Å². The van der Waals surface area contributed by atoms with Crippen LogP contribution in [0.15, 0.2) is 60.0 Å². The fourth-order valence-electron chi connectivity index (χ4n) is 2.96. The Hall–Kier alpha value is -2.66. The van der Waals surface area contributed by atoms with Gasteiger partial charge < -0.3 is 5.32 Å². The average molecular weight is 422 g/mol. The van der Waals surface area contributed by atoms with Gasteiger partial charge in [0, 0.05) is 24.1 Å². The molecule has 1 saturated heterocycles. The van der Waals surface area contributed by atoms with Crippen molar-refractivity contribution in [2.45, 2.75) is 23.5 Å². The highest BCUT2D eigenvalue weighted by Crippen LogP contribution is 2.26. The number of rotatable bonds is 7. The highest BCUT2D eigenvalue weighted by atomic mass is 32.2. The molecule has 2 aromatic carbocycles. The third kappa shape index (κ3) is 4.85. The number of halogens is 2. The quantitative estimate of drug-likeness (QED) is 0.510. The molecule has 0 aromatic heterocycles. The Morgan fingerprint density at radius 2 is 1.79 bits per heavy atom. The Morgan fingerprint density at radius 1 is 1.14 bits per heavy atom. The van der Waals surface area contributed by atoms with E-state index in [1.54, 1.807) is 0 Å². The fraction of sp³-hybridized carbons (Fsp3) is 0.211. The van der Waals surface area contributed by atoms with E-state index in [0.717, 1.165) is 0 Å². The molecule has 0 bridgehead atoms. The van der Waals surface area contributed by atoms with Crippen molar-refractivity contribution in [1.29, 1.82) is 0 Å². The summed E-state index contributed by atoms with van der Waals surface area (Å²) in [6.07, 6.45) is 1.08. The molecule has 3 rings (SSSR count). The van der Waals surface area contributed by atoms with Gasteiger partial charge in [-0.1, -0.05) is 12.1 Å². The zero-order valence-corrected chi connectivity index (χ0v) is 16.1. The summed E-state index contributed by atoms with van der Waals surface area (Å²) in [5.41, 5.74) is 5.70. The largest absolute Gasteiger partial charge is 0.335 e. The summed E-state index contributed by atoms with van der Waals surface area (Å²) in [7, 11) is -3.68. The van der Waals surface area contributed by atoms with Gasteiger partial charge in [0.25, 0.3) is 5.91 Å². The minimum atomic E-state index is -3.68. The van der Waals surface area contributed by atoms with Crippen LogP contribution in [0.25, 0.3) is 0 Å². The number of hydrazine groups is 1. The second-order valence-corrected chi connectivity index (χ2v) is 8.17. The lowest BCUT2D eigenvalue weighted by Gasteiger charge is -2.13. The Balaban J connectivity index is 1.63. The van der Waals surface area contributed by atoms with E-state index >= 15 is 0 Å². The Kier molecular flexibility index (Phi) is 6.38. The van der Waals surface area contributed by atoms with E-state index in [0.29, 0.717) is 0 Å². The van der Waals surface area contributed by atoms with Crippen molar-refractivity contribution in [3.63, 3.8) is 0 Å². The molecule has 1 aliphatic heterocycles. The van der Waals surface area contributed by atoms with Gasteiger partial charge >= 0.3 is 0 Å². The van der Waals surface area contributed by atoms with Crippen LogP contribution in [0.5, 0.6) is 0 Å². The van der Waals surface area contributed by atoms with Crippen LogP contribution in [0, 0.1) is 11.6 Å². The third-order valence-electron chi connectivity index (χ3n) is 4.40. The molecule has 1 aliphatic rings.